The Balaban J connectivity index is 1.67. The molecule has 5 rings (SSSR count). The number of rotatable bonds is 6. The van der Waals surface area contributed by atoms with Gasteiger partial charge >= 0.3 is 6.16 Å². The Morgan fingerprint density at radius 2 is 1.61 bits per heavy atom. The van der Waals surface area contributed by atoms with Crippen LogP contribution in [0.3, 0.4) is 0 Å². The summed E-state index contributed by atoms with van der Waals surface area (Å²) in [4.78, 5) is 40.1. The Bertz CT molecular complexity index is 1500. The summed E-state index contributed by atoms with van der Waals surface area (Å²) in [5, 5.41) is 4.34. The summed E-state index contributed by atoms with van der Waals surface area (Å²) in [6.07, 6.45) is 0.200. The molecule has 1 unspecified atom stereocenters. The lowest BCUT2D eigenvalue weighted by Gasteiger charge is -2.41. The van der Waals surface area contributed by atoms with Gasteiger partial charge < -0.3 is 19.1 Å². The maximum Gasteiger partial charge on any atom is 0.511 e. The number of ether oxygens (including phenoxy) is 3. The Labute approximate surface area is 235 Å². The zero-order chi connectivity index (χ0) is 29.4. The molecular formula is C30H31F2N3O6. The fourth-order valence-electron chi connectivity index (χ4n) is 5.68. The maximum absolute atomic E-state index is 15.2. The SMILES string of the molecule is CC(C)OC(=O)OCOc1c2n(ncc1=O)C(C1c3cccc(F)c3CCc3c(F)cccc31)CN(C(C)C)C2=O. The Hall–Kier alpha value is -4.28. The molecule has 2 heterocycles. The summed E-state index contributed by atoms with van der Waals surface area (Å²) in [5.41, 5.74) is 1.43. The molecule has 11 heteroatoms. The van der Waals surface area contributed by atoms with Crippen LogP contribution >= 0.6 is 0 Å². The van der Waals surface area contributed by atoms with E-state index in [9.17, 15) is 14.4 Å². The van der Waals surface area contributed by atoms with Crippen molar-refractivity contribution < 1.29 is 32.6 Å². The van der Waals surface area contributed by atoms with Crippen molar-refractivity contribution in [2.45, 2.75) is 64.6 Å². The first-order valence-electron chi connectivity index (χ1n) is 13.5. The third-order valence-corrected chi connectivity index (χ3v) is 7.45. The summed E-state index contributed by atoms with van der Waals surface area (Å²) in [6, 6.07) is 8.67. The normalized spacial score (nSPS) is 16.6. The van der Waals surface area contributed by atoms with Crippen molar-refractivity contribution in [3.63, 3.8) is 0 Å². The van der Waals surface area contributed by atoms with Gasteiger partial charge in [0, 0.05) is 18.5 Å². The number of benzene rings is 2. The van der Waals surface area contributed by atoms with Gasteiger partial charge in [-0.25, -0.2) is 13.6 Å². The van der Waals surface area contributed by atoms with E-state index >= 15 is 8.78 Å². The van der Waals surface area contributed by atoms with Gasteiger partial charge in [-0.15, -0.1) is 0 Å². The van der Waals surface area contributed by atoms with Gasteiger partial charge in [0.05, 0.1) is 18.3 Å². The van der Waals surface area contributed by atoms with Crippen molar-refractivity contribution in [1.29, 1.82) is 0 Å². The molecule has 0 bridgehead atoms. The number of amides is 1. The molecule has 1 aromatic heterocycles. The van der Waals surface area contributed by atoms with Crippen LogP contribution in [0.1, 0.15) is 72.4 Å². The number of carbonyl (C=O) groups is 2. The molecule has 1 aliphatic heterocycles. The van der Waals surface area contributed by atoms with Crippen LogP contribution in [0.25, 0.3) is 0 Å². The lowest BCUT2D eigenvalue weighted by atomic mass is 9.81. The molecule has 1 amide bonds. The molecule has 216 valence electrons. The van der Waals surface area contributed by atoms with Crippen LogP contribution in [0.15, 0.2) is 47.4 Å². The fraction of sp³-hybridized carbons (Fsp3) is 0.400. The molecule has 0 saturated carbocycles. The number of nitrogens with zero attached hydrogens (tertiary/aromatic N) is 3. The van der Waals surface area contributed by atoms with Crippen LogP contribution < -0.4 is 10.2 Å². The second kappa shape index (κ2) is 11.3. The predicted octanol–water partition coefficient (Wildman–Crippen LogP) is 4.76. The first kappa shape index (κ1) is 28.3. The standard InChI is InChI=1S/C30H31F2N3O6/c1-16(2)34-14-24(26-20-7-5-9-22(31)18(20)11-12-19-21(26)8-6-10-23(19)32)35-27(29(34)37)28(25(36)13-33-35)39-15-40-30(38)41-17(3)4/h5-10,13,16-17,24,26H,11-12,14-15H2,1-4H3. The van der Waals surface area contributed by atoms with Crippen molar-refractivity contribution in [1.82, 2.24) is 14.7 Å². The van der Waals surface area contributed by atoms with Gasteiger partial charge in [-0.05, 0) is 74.9 Å². The number of carbonyl (C=O) groups excluding carboxylic acids is 2. The molecule has 41 heavy (non-hydrogen) atoms. The fourth-order valence-corrected chi connectivity index (χ4v) is 5.68. The van der Waals surface area contributed by atoms with E-state index in [1.54, 1.807) is 30.9 Å². The highest BCUT2D eigenvalue weighted by Crippen LogP contribution is 2.45. The van der Waals surface area contributed by atoms with E-state index in [2.05, 4.69) is 5.10 Å². The van der Waals surface area contributed by atoms with Crippen LogP contribution in [0.5, 0.6) is 5.75 Å². The van der Waals surface area contributed by atoms with Gasteiger partial charge in [0.25, 0.3) is 5.91 Å². The lowest BCUT2D eigenvalue weighted by molar-refractivity contribution is -0.00941. The highest BCUT2D eigenvalue weighted by molar-refractivity contribution is 5.96. The molecule has 9 nitrogen and oxygen atoms in total. The van der Waals surface area contributed by atoms with Gasteiger partial charge in [-0.3, -0.25) is 14.3 Å². The monoisotopic (exact) mass is 567 g/mol. The van der Waals surface area contributed by atoms with Crippen LogP contribution in [-0.4, -0.2) is 52.2 Å². The zero-order valence-corrected chi connectivity index (χ0v) is 23.2. The molecule has 1 atom stereocenters. The Morgan fingerprint density at radius 3 is 2.17 bits per heavy atom. The zero-order valence-electron chi connectivity index (χ0n) is 23.2. The molecule has 0 fully saturated rings. The molecule has 0 radical (unpaired) electrons. The molecule has 0 saturated heterocycles. The summed E-state index contributed by atoms with van der Waals surface area (Å²) in [5.74, 6) is -2.24. The van der Waals surface area contributed by atoms with Crippen LogP contribution in [0.2, 0.25) is 0 Å². The average Bonchev–Trinajstić information content (AvgIpc) is 3.08. The van der Waals surface area contributed by atoms with E-state index in [-0.39, 0.29) is 24.0 Å². The van der Waals surface area contributed by atoms with Crippen molar-refractivity contribution >= 4 is 12.1 Å². The van der Waals surface area contributed by atoms with E-state index in [4.69, 9.17) is 14.2 Å². The van der Waals surface area contributed by atoms with Crippen molar-refractivity contribution in [2.75, 3.05) is 13.3 Å². The largest absolute Gasteiger partial charge is 0.511 e. The first-order chi connectivity index (χ1) is 19.6. The molecular weight excluding hydrogens is 536 g/mol. The number of hydrogen-bond donors (Lipinski definition) is 0. The molecule has 1 aliphatic carbocycles. The average molecular weight is 568 g/mol. The van der Waals surface area contributed by atoms with Crippen LogP contribution in [0.4, 0.5) is 13.6 Å². The minimum absolute atomic E-state index is 0.136. The molecule has 0 N–H and O–H groups in total. The highest BCUT2D eigenvalue weighted by atomic mass is 19.1. The number of fused-ring (bicyclic) bond motifs is 3. The van der Waals surface area contributed by atoms with Crippen molar-refractivity contribution in [2.24, 2.45) is 0 Å². The van der Waals surface area contributed by atoms with Gasteiger partial charge in [-0.1, -0.05) is 24.3 Å². The van der Waals surface area contributed by atoms with Crippen LogP contribution in [0, 0.1) is 11.6 Å². The van der Waals surface area contributed by atoms with E-state index in [0.717, 1.165) is 6.20 Å². The molecule has 3 aromatic rings. The van der Waals surface area contributed by atoms with Gasteiger partial charge in [-0.2, -0.15) is 5.10 Å². The first-order valence-corrected chi connectivity index (χ1v) is 13.5. The Morgan fingerprint density at radius 1 is 1.00 bits per heavy atom. The molecule has 0 spiro atoms. The smallest absolute Gasteiger partial charge is 0.451 e. The Kier molecular flexibility index (Phi) is 7.79. The topological polar surface area (TPSA) is 100.0 Å². The molecule has 2 aliphatic rings. The van der Waals surface area contributed by atoms with Crippen LogP contribution in [-0.2, 0) is 22.3 Å². The molecule has 2 aromatic carbocycles. The van der Waals surface area contributed by atoms with Gasteiger partial charge in [0.2, 0.25) is 18.0 Å². The second-order valence-electron chi connectivity index (χ2n) is 10.7. The van der Waals surface area contributed by atoms with E-state index in [0.29, 0.717) is 35.1 Å². The van der Waals surface area contributed by atoms with E-state index in [1.165, 1.54) is 16.8 Å². The predicted molar refractivity (Wildman–Crippen MR) is 144 cm³/mol. The number of halogens is 2. The number of hydrogen-bond acceptors (Lipinski definition) is 7. The summed E-state index contributed by atoms with van der Waals surface area (Å²) >= 11 is 0. The minimum Gasteiger partial charge on any atom is -0.451 e. The lowest BCUT2D eigenvalue weighted by Crippen LogP contribution is -2.50. The second-order valence-corrected chi connectivity index (χ2v) is 10.7. The highest BCUT2D eigenvalue weighted by Gasteiger charge is 2.43. The minimum atomic E-state index is -0.994. The van der Waals surface area contributed by atoms with E-state index < -0.39 is 54.0 Å². The summed E-state index contributed by atoms with van der Waals surface area (Å²) in [6.45, 7) is 6.44. The van der Waals surface area contributed by atoms with Gasteiger partial charge in [0.1, 0.15) is 11.6 Å². The third-order valence-electron chi connectivity index (χ3n) is 7.45. The van der Waals surface area contributed by atoms with Crippen molar-refractivity contribution in [3.05, 3.63) is 92.4 Å². The van der Waals surface area contributed by atoms with Crippen molar-refractivity contribution in [3.8, 4) is 5.75 Å². The van der Waals surface area contributed by atoms with Gasteiger partial charge in [0.15, 0.2) is 5.69 Å². The summed E-state index contributed by atoms with van der Waals surface area (Å²) in [7, 11) is 0. The summed E-state index contributed by atoms with van der Waals surface area (Å²) < 4.78 is 47.2. The van der Waals surface area contributed by atoms with E-state index in [1.807, 2.05) is 26.0 Å². The quantitative estimate of drug-likeness (QED) is 0.313. The maximum atomic E-state index is 15.2. The third kappa shape index (κ3) is 5.28. The number of aromatic nitrogens is 2.